The lowest BCUT2D eigenvalue weighted by molar-refractivity contribution is 0.0366. The first-order valence-corrected chi connectivity index (χ1v) is 6.60. The van der Waals surface area contributed by atoms with Gasteiger partial charge in [-0.2, -0.15) is 0 Å². The Kier molecular flexibility index (Phi) is 4.31. The standard InChI is InChI=1S/C16H17FN2O2/c1-16(2,3)10-21-15(20)12-8-18-14(19-9-12)11-5-4-6-13(17)7-11/h4-9H,10H2,1-3H3. The molecule has 110 valence electrons. The molecule has 1 heterocycles. The number of esters is 1. The lowest BCUT2D eigenvalue weighted by Crippen LogP contribution is -2.18. The van der Waals surface area contributed by atoms with E-state index in [1.807, 2.05) is 20.8 Å². The van der Waals surface area contributed by atoms with Crippen LogP contribution in [0.2, 0.25) is 0 Å². The highest BCUT2D eigenvalue weighted by Gasteiger charge is 2.15. The Labute approximate surface area is 123 Å². The maximum Gasteiger partial charge on any atom is 0.341 e. The average Bonchev–Trinajstić information content (AvgIpc) is 2.44. The summed E-state index contributed by atoms with van der Waals surface area (Å²) >= 11 is 0. The minimum atomic E-state index is -0.462. The number of benzene rings is 1. The largest absolute Gasteiger partial charge is 0.461 e. The van der Waals surface area contributed by atoms with E-state index in [2.05, 4.69) is 9.97 Å². The van der Waals surface area contributed by atoms with Gasteiger partial charge in [0, 0.05) is 18.0 Å². The lowest BCUT2D eigenvalue weighted by atomic mass is 9.99. The summed E-state index contributed by atoms with van der Waals surface area (Å²) in [7, 11) is 0. The normalized spacial score (nSPS) is 11.2. The molecule has 2 aromatic rings. The molecule has 0 aliphatic rings. The van der Waals surface area contributed by atoms with Crippen LogP contribution in [-0.2, 0) is 4.74 Å². The predicted molar refractivity (Wildman–Crippen MR) is 77.2 cm³/mol. The molecule has 0 radical (unpaired) electrons. The third-order valence-corrected chi connectivity index (χ3v) is 2.61. The van der Waals surface area contributed by atoms with Gasteiger partial charge in [-0.3, -0.25) is 0 Å². The second-order valence-electron chi connectivity index (χ2n) is 5.94. The molecule has 0 aliphatic carbocycles. The molecule has 0 spiro atoms. The molecule has 0 bridgehead atoms. The third-order valence-electron chi connectivity index (χ3n) is 2.61. The summed E-state index contributed by atoms with van der Waals surface area (Å²) in [5.41, 5.74) is 0.738. The van der Waals surface area contributed by atoms with Crippen molar-refractivity contribution < 1.29 is 13.9 Å². The van der Waals surface area contributed by atoms with E-state index in [1.165, 1.54) is 24.5 Å². The van der Waals surface area contributed by atoms with Crippen LogP contribution in [0.25, 0.3) is 11.4 Å². The van der Waals surface area contributed by atoms with Crippen LogP contribution in [0.15, 0.2) is 36.7 Å². The zero-order valence-corrected chi connectivity index (χ0v) is 12.3. The van der Waals surface area contributed by atoms with Crippen LogP contribution in [0, 0.1) is 11.2 Å². The van der Waals surface area contributed by atoms with E-state index in [4.69, 9.17) is 4.74 Å². The molecule has 0 N–H and O–H groups in total. The fraction of sp³-hybridized carbons (Fsp3) is 0.312. The van der Waals surface area contributed by atoms with Crippen molar-refractivity contribution in [3.63, 3.8) is 0 Å². The maximum atomic E-state index is 13.1. The molecule has 0 atom stereocenters. The third kappa shape index (κ3) is 4.34. The first-order chi connectivity index (χ1) is 9.85. The van der Waals surface area contributed by atoms with Crippen LogP contribution in [0.5, 0.6) is 0 Å². The topological polar surface area (TPSA) is 52.1 Å². The van der Waals surface area contributed by atoms with Crippen LogP contribution in [-0.4, -0.2) is 22.5 Å². The lowest BCUT2D eigenvalue weighted by Gasteiger charge is -2.17. The van der Waals surface area contributed by atoms with Gasteiger partial charge in [0.15, 0.2) is 5.82 Å². The maximum absolute atomic E-state index is 13.1. The van der Waals surface area contributed by atoms with Crippen LogP contribution in [0.4, 0.5) is 4.39 Å². The molecule has 0 amide bonds. The Morgan fingerprint density at radius 2 is 1.90 bits per heavy atom. The molecule has 4 nitrogen and oxygen atoms in total. The van der Waals surface area contributed by atoms with Crippen molar-refractivity contribution >= 4 is 5.97 Å². The number of carbonyl (C=O) groups is 1. The van der Waals surface area contributed by atoms with Gasteiger partial charge in [0.05, 0.1) is 12.2 Å². The number of nitrogens with zero attached hydrogens (tertiary/aromatic N) is 2. The summed E-state index contributed by atoms with van der Waals surface area (Å²) in [6.45, 7) is 6.25. The molecule has 1 aromatic heterocycles. The van der Waals surface area contributed by atoms with Gasteiger partial charge in [0.1, 0.15) is 5.82 Å². The van der Waals surface area contributed by atoms with Gasteiger partial charge < -0.3 is 4.74 Å². The zero-order valence-electron chi connectivity index (χ0n) is 12.3. The first kappa shape index (κ1) is 15.1. The van der Waals surface area contributed by atoms with Gasteiger partial charge in [0.2, 0.25) is 0 Å². The molecule has 0 saturated heterocycles. The van der Waals surface area contributed by atoms with Gasteiger partial charge in [-0.25, -0.2) is 19.2 Å². The van der Waals surface area contributed by atoms with E-state index >= 15 is 0 Å². The van der Waals surface area contributed by atoms with E-state index in [0.717, 1.165) is 0 Å². The van der Waals surface area contributed by atoms with E-state index in [1.54, 1.807) is 12.1 Å². The molecule has 1 aromatic carbocycles. The van der Waals surface area contributed by atoms with E-state index in [-0.39, 0.29) is 16.8 Å². The average molecular weight is 288 g/mol. The number of hydrogen-bond donors (Lipinski definition) is 0. The van der Waals surface area contributed by atoms with Crippen LogP contribution >= 0.6 is 0 Å². The SMILES string of the molecule is CC(C)(C)COC(=O)c1cnc(-c2cccc(F)c2)nc1. The number of aromatic nitrogens is 2. The van der Waals surface area contributed by atoms with Crippen molar-refractivity contribution in [3.8, 4) is 11.4 Å². The van der Waals surface area contributed by atoms with Crippen molar-refractivity contribution in [1.82, 2.24) is 9.97 Å². The fourth-order valence-electron chi connectivity index (χ4n) is 1.58. The molecule has 0 saturated carbocycles. The van der Waals surface area contributed by atoms with E-state index in [0.29, 0.717) is 18.0 Å². The Hall–Kier alpha value is -2.30. The Balaban J connectivity index is 2.10. The van der Waals surface area contributed by atoms with Gasteiger partial charge in [0.25, 0.3) is 0 Å². The van der Waals surface area contributed by atoms with Crippen LogP contribution in [0.1, 0.15) is 31.1 Å². The van der Waals surface area contributed by atoms with Crippen molar-refractivity contribution in [2.24, 2.45) is 5.41 Å². The number of hydrogen-bond acceptors (Lipinski definition) is 4. The van der Waals surface area contributed by atoms with Crippen LogP contribution in [0.3, 0.4) is 0 Å². The number of carbonyl (C=O) groups excluding carboxylic acids is 1. The van der Waals surface area contributed by atoms with Gasteiger partial charge in [-0.15, -0.1) is 0 Å². The Bertz CT molecular complexity index is 633. The highest BCUT2D eigenvalue weighted by Crippen LogP contribution is 2.17. The smallest absolute Gasteiger partial charge is 0.341 e. The first-order valence-electron chi connectivity index (χ1n) is 6.60. The Morgan fingerprint density at radius 3 is 2.48 bits per heavy atom. The summed E-state index contributed by atoms with van der Waals surface area (Å²) in [6.07, 6.45) is 2.77. The summed E-state index contributed by atoms with van der Waals surface area (Å²) in [5.74, 6) is -0.456. The van der Waals surface area contributed by atoms with Crippen LogP contribution < -0.4 is 0 Å². The summed E-state index contributed by atoms with van der Waals surface area (Å²) in [6, 6.07) is 5.98. The van der Waals surface area contributed by atoms with Gasteiger partial charge >= 0.3 is 5.97 Å². The molecule has 2 rings (SSSR count). The fourth-order valence-corrected chi connectivity index (χ4v) is 1.58. The number of rotatable bonds is 3. The van der Waals surface area contributed by atoms with Gasteiger partial charge in [-0.05, 0) is 17.5 Å². The zero-order chi connectivity index (χ0) is 15.5. The monoisotopic (exact) mass is 288 g/mol. The second-order valence-corrected chi connectivity index (χ2v) is 5.94. The van der Waals surface area contributed by atoms with E-state index in [9.17, 15) is 9.18 Å². The Morgan fingerprint density at radius 1 is 1.24 bits per heavy atom. The predicted octanol–water partition coefficient (Wildman–Crippen LogP) is 3.49. The van der Waals surface area contributed by atoms with Crippen molar-refractivity contribution in [2.45, 2.75) is 20.8 Å². The summed E-state index contributed by atoms with van der Waals surface area (Å²) in [4.78, 5) is 20.0. The minimum Gasteiger partial charge on any atom is -0.461 e. The molecule has 5 heteroatoms. The molecule has 0 fully saturated rings. The second kappa shape index (κ2) is 5.99. The quantitative estimate of drug-likeness (QED) is 0.811. The summed E-state index contributed by atoms with van der Waals surface area (Å²) < 4.78 is 18.3. The molecule has 21 heavy (non-hydrogen) atoms. The van der Waals surface area contributed by atoms with Crippen molar-refractivity contribution in [3.05, 3.63) is 48.0 Å². The van der Waals surface area contributed by atoms with Crippen molar-refractivity contribution in [1.29, 1.82) is 0 Å². The minimum absolute atomic E-state index is 0.0992. The highest BCUT2D eigenvalue weighted by molar-refractivity contribution is 5.88. The van der Waals surface area contributed by atoms with E-state index < -0.39 is 5.97 Å². The molecule has 0 unspecified atom stereocenters. The van der Waals surface area contributed by atoms with Crippen molar-refractivity contribution in [2.75, 3.05) is 6.61 Å². The number of ether oxygens (including phenoxy) is 1. The molecular weight excluding hydrogens is 271 g/mol. The summed E-state index contributed by atoms with van der Waals surface area (Å²) in [5, 5.41) is 0. The molecular formula is C16H17FN2O2. The van der Waals surface area contributed by atoms with Gasteiger partial charge in [-0.1, -0.05) is 32.9 Å². The molecule has 0 aliphatic heterocycles. The highest BCUT2D eigenvalue weighted by atomic mass is 19.1. The number of halogens is 1.